The highest BCUT2D eigenvalue weighted by Crippen LogP contribution is 2.19. The van der Waals surface area contributed by atoms with Crippen molar-refractivity contribution in [3.05, 3.63) is 0 Å². The van der Waals surface area contributed by atoms with Crippen molar-refractivity contribution in [1.29, 1.82) is 0 Å². The van der Waals surface area contributed by atoms with Crippen LogP contribution in [0.1, 0.15) is 27.2 Å². The summed E-state index contributed by atoms with van der Waals surface area (Å²) in [5, 5.41) is 23.8. The van der Waals surface area contributed by atoms with Gasteiger partial charge in [0.25, 0.3) is 0 Å². The molecule has 122 valence electrons. The minimum absolute atomic E-state index is 0.00278. The monoisotopic (exact) mass is 320 g/mol. The first-order chi connectivity index (χ1) is 9.70. The molecule has 0 rings (SSSR count). The number of nitrogens with one attached hydrogen (secondary N) is 2. The highest BCUT2D eigenvalue weighted by molar-refractivity contribution is 8.13. The number of aliphatic hydroxyl groups is 2. The summed E-state index contributed by atoms with van der Waals surface area (Å²) in [5.41, 5.74) is -0.934. The van der Waals surface area contributed by atoms with Crippen LogP contribution in [0.5, 0.6) is 0 Å². The zero-order valence-corrected chi connectivity index (χ0v) is 13.5. The van der Waals surface area contributed by atoms with Gasteiger partial charge in [0, 0.05) is 37.6 Å². The molecule has 0 aromatic carbocycles. The van der Waals surface area contributed by atoms with Gasteiger partial charge in [0.05, 0.1) is 6.61 Å². The first-order valence-electron chi connectivity index (χ1n) is 6.67. The second-order valence-corrected chi connectivity index (χ2v) is 6.55. The fourth-order valence-electron chi connectivity index (χ4n) is 1.31. The second kappa shape index (κ2) is 9.75. The third kappa shape index (κ3) is 8.69. The fourth-order valence-corrected chi connectivity index (χ4v) is 1.80. The van der Waals surface area contributed by atoms with E-state index in [9.17, 15) is 19.5 Å². The summed E-state index contributed by atoms with van der Waals surface area (Å²) in [7, 11) is 0. The third-order valence-electron chi connectivity index (χ3n) is 2.78. The molecule has 0 unspecified atom stereocenters. The average Bonchev–Trinajstić information content (AvgIpc) is 2.42. The molecule has 0 aromatic rings. The number of hydrogen-bond donors (Lipinski definition) is 4. The van der Waals surface area contributed by atoms with E-state index in [1.54, 1.807) is 13.8 Å². The summed E-state index contributed by atoms with van der Waals surface area (Å²) in [4.78, 5) is 33.7. The van der Waals surface area contributed by atoms with Crippen LogP contribution in [0, 0.1) is 5.41 Å². The molecule has 8 heteroatoms. The molecule has 0 radical (unpaired) electrons. The summed E-state index contributed by atoms with van der Waals surface area (Å²) < 4.78 is 0. The number of carbonyl (C=O) groups is 3. The lowest BCUT2D eigenvalue weighted by molar-refractivity contribution is -0.137. The zero-order chi connectivity index (χ0) is 16.5. The molecule has 21 heavy (non-hydrogen) atoms. The topological polar surface area (TPSA) is 116 Å². The van der Waals surface area contributed by atoms with Crippen LogP contribution >= 0.6 is 11.8 Å². The van der Waals surface area contributed by atoms with Crippen LogP contribution in [0.2, 0.25) is 0 Å². The van der Waals surface area contributed by atoms with Crippen molar-refractivity contribution in [3.63, 3.8) is 0 Å². The predicted octanol–water partition coefficient (Wildman–Crippen LogP) is -0.732. The van der Waals surface area contributed by atoms with Crippen molar-refractivity contribution >= 4 is 28.7 Å². The van der Waals surface area contributed by atoms with Gasteiger partial charge in [0.2, 0.25) is 11.8 Å². The Labute approximate surface area is 128 Å². The summed E-state index contributed by atoms with van der Waals surface area (Å²) in [6, 6.07) is 0. The summed E-state index contributed by atoms with van der Waals surface area (Å²) >= 11 is 1.13. The number of rotatable bonds is 9. The van der Waals surface area contributed by atoms with Gasteiger partial charge in [-0.1, -0.05) is 25.6 Å². The van der Waals surface area contributed by atoms with Crippen molar-refractivity contribution in [1.82, 2.24) is 10.6 Å². The maximum absolute atomic E-state index is 11.6. The van der Waals surface area contributed by atoms with Crippen molar-refractivity contribution < 1.29 is 24.6 Å². The number of thioether (sulfide) groups is 1. The summed E-state index contributed by atoms with van der Waals surface area (Å²) in [5.74, 6) is -0.346. The van der Waals surface area contributed by atoms with E-state index in [1.807, 2.05) is 0 Å². The van der Waals surface area contributed by atoms with E-state index in [0.29, 0.717) is 12.3 Å². The number of amides is 2. The van der Waals surface area contributed by atoms with E-state index in [1.165, 1.54) is 6.92 Å². The van der Waals surface area contributed by atoms with Crippen LogP contribution in [-0.2, 0) is 14.4 Å². The van der Waals surface area contributed by atoms with Crippen LogP contribution in [0.15, 0.2) is 0 Å². The van der Waals surface area contributed by atoms with Crippen molar-refractivity contribution in [2.24, 2.45) is 5.41 Å². The maximum atomic E-state index is 11.6. The Bertz CT molecular complexity index is 374. The Morgan fingerprint density at radius 1 is 1.19 bits per heavy atom. The van der Waals surface area contributed by atoms with E-state index in [-0.39, 0.29) is 30.6 Å². The molecule has 0 aliphatic carbocycles. The van der Waals surface area contributed by atoms with Gasteiger partial charge in [0.1, 0.15) is 6.10 Å². The number of aliphatic hydroxyl groups excluding tert-OH is 2. The molecule has 0 aromatic heterocycles. The first kappa shape index (κ1) is 19.9. The molecule has 2 amide bonds. The van der Waals surface area contributed by atoms with Crippen molar-refractivity contribution in [3.8, 4) is 0 Å². The van der Waals surface area contributed by atoms with Crippen LogP contribution in [-0.4, -0.2) is 58.7 Å². The predicted molar refractivity (Wildman–Crippen MR) is 80.6 cm³/mol. The van der Waals surface area contributed by atoms with Crippen LogP contribution in [0.4, 0.5) is 0 Å². The number of hydrogen-bond acceptors (Lipinski definition) is 6. The minimum Gasteiger partial charge on any atom is -0.396 e. The molecule has 0 aliphatic rings. The molecule has 0 spiro atoms. The lowest BCUT2D eigenvalue weighted by Crippen LogP contribution is -2.46. The smallest absolute Gasteiger partial charge is 0.249 e. The lowest BCUT2D eigenvalue weighted by Gasteiger charge is -2.27. The Morgan fingerprint density at radius 3 is 2.33 bits per heavy atom. The van der Waals surface area contributed by atoms with E-state index in [2.05, 4.69) is 10.6 Å². The van der Waals surface area contributed by atoms with E-state index in [0.717, 1.165) is 11.8 Å². The maximum Gasteiger partial charge on any atom is 0.249 e. The summed E-state index contributed by atoms with van der Waals surface area (Å²) in [6.07, 6.45) is -1.25. The molecular weight excluding hydrogens is 296 g/mol. The standard InChI is InChI=1S/C13H24N2O5S/c1-9(17)21-7-6-14-10(18)4-5-15-12(20)11(19)13(2,3)8-16/h11,16,19H,4-8H2,1-3H3,(H,14,18)(H,15,20)/t11-/m1/s1. The normalized spacial score (nSPS) is 12.6. The second-order valence-electron chi connectivity index (χ2n) is 5.28. The molecule has 0 saturated carbocycles. The van der Waals surface area contributed by atoms with Crippen LogP contribution < -0.4 is 10.6 Å². The Hall–Kier alpha value is -1.12. The van der Waals surface area contributed by atoms with Gasteiger partial charge < -0.3 is 20.8 Å². The highest BCUT2D eigenvalue weighted by atomic mass is 32.2. The summed E-state index contributed by atoms with van der Waals surface area (Å²) in [6.45, 7) is 4.75. The minimum atomic E-state index is -1.34. The molecule has 7 nitrogen and oxygen atoms in total. The molecule has 0 fully saturated rings. The average molecular weight is 320 g/mol. The van der Waals surface area contributed by atoms with Gasteiger partial charge in [-0.3, -0.25) is 14.4 Å². The van der Waals surface area contributed by atoms with Gasteiger partial charge in [-0.05, 0) is 0 Å². The quantitative estimate of drug-likeness (QED) is 0.416. The van der Waals surface area contributed by atoms with Gasteiger partial charge in [-0.15, -0.1) is 0 Å². The molecule has 4 N–H and O–H groups in total. The van der Waals surface area contributed by atoms with Crippen molar-refractivity contribution in [2.45, 2.75) is 33.3 Å². The van der Waals surface area contributed by atoms with Gasteiger partial charge in [0.15, 0.2) is 5.12 Å². The van der Waals surface area contributed by atoms with Crippen molar-refractivity contribution in [2.75, 3.05) is 25.4 Å². The molecule has 0 bridgehead atoms. The Morgan fingerprint density at radius 2 is 1.81 bits per heavy atom. The van der Waals surface area contributed by atoms with E-state index >= 15 is 0 Å². The third-order valence-corrected chi connectivity index (χ3v) is 3.59. The SMILES string of the molecule is CC(=O)SCCNC(=O)CCNC(=O)[C@@H](O)C(C)(C)CO. The molecule has 1 atom stereocenters. The van der Waals surface area contributed by atoms with E-state index < -0.39 is 17.4 Å². The van der Waals surface area contributed by atoms with Crippen LogP contribution in [0.3, 0.4) is 0 Å². The van der Waals surface area contributed by atoms with Crippen LogP contribution in [0.25, 0.3) is 0 Å². The Kier molecular flexibility index (Phi) is 9.23. The highest BCUT2D eigenvalue weighted by Gasteiger charge is 2.32. The molecule has 0 aliphatic heterocycles. The fraction of sp³-hybridized carbons (Fsp3) is 0.769. The first-order valence-corrected chi connectivity index (χ1v) is 7.66. The largest absolute Gasteiger partial charge is 0.396 e. The van der Waals surface area contributed by atoms with Gasteiger partial charge in [-0.2, -0.15) is 0 Å². The van der Waals surface area contributed by atoms with Gasteiger partial charge in [-0.25, -0.2) is 0 Å². The zero-order valence-electron chi connectivity index (χ0n) is 12.6. The van der Waals surface area contributed by atoms with Gasteiger partial charge >= 0.3 is 0 Å². The molecule has 0 saturated heterocycles. The molecular formula is C13H24N2O5S. The Balaban J connectivity index is 3.85. The van der Waals surface area contributed by atoms with E-state index in [4.69, 9.17) is 5.11 Å². The lowest BCUT2D eigenvalue weighted by atomic mass is 9.87. The number of carbonyl (C=O) groups excluding carboxylic acids is 3. The molecule has 0 heterocycles.